The van der Waals surface area contributed by atoms with Crippen molar-refractivity contribution in [3.05, 3.63) is 74.6 Å². The molecule has 1 unspecified atom stereocenters. The van der Waals surface area contributed by atoms with Crippen molar-refractivity contribution in [3.8, 4) is 5.75 Å². The van der Waals surface area contributed by atoms with Crippen molar-refractivity contribution in [3.63, 3.8) is 0 Å². The van der Waals surface area contributed by atoms with Gasteiger partial charge in [0, 0.05) is 0 Å². The third kappa shape index (κ3) is 2.47. The van der Waals surface area contributed by atoms with E-state index in [1.54, 1.807) is 6.07 Å². The number of hydrogen-bond donors (Lipinski definition) is 1. The summed E-state index contributed by atoms with van der Waals surface area (Å²) in [6, 6.07) is 10.6. The summed E-state index contributed by atoms with van der Waals surface area (Å²) in [4.78, 5) is 25.6. The molecule has 1 atom stereocenters. The van der Waals surface area contributed by atoms with Crippen molar-refractivity contribution in [2.75, 3.05) is 6.61 Å². The second-order valence-electron chi connectivity index (χ2n) is 6.54. The van der Waals surface area contributed by atoms with Crippen LogP contribution in [0.2, 0.25) is 0 Å². The number of carbonyl (C=O) groups excluding carboxylic acids is 1. The van der Waals surface area contributed by atoms with E-state index < -0.39 is 6.04 Å². The van der Waals surface area contributed by atoms with Crippen LogP contribution in [0.3, 0.4) is 0 Å². The molecule has 5 nitrogen and oxygen atoms in total. The zero-order chi connectivity index (χ0) is 18.4. The number of ether oxygens (including phenoxy) is 1. The Bertz CT molecular complexity index is 1080. The molecule has 5 heteroatoms. The smallest absolute Gasteiger partial charge is 0.288 e. The lowest BCUT2D eigenvalue weighted by Gasteiger charge is -2.13. The SMILES string of the molecule is CCOc1ccc(C2NC(=O)c3oc4cc(C)cc(C)c4c(=O)c32)cc1. The van der Waals surface area contributed by atoms with Gasteiger partial charge in [0.05, 0.1) is 23.6 Å². The monoisotopic (exact) mass is 349 g/mol. The third-order valence-corrected chi connectivity index (χ3v) is 4.67. The van der Waals surface area contributed by atoms with Crippen molar-refractivity contribution >= 4 is 16.9 Å². The average molecular weight is 349 g/mol. The molecule has 1 N–H and O–H groups in total. The Balaban J connectivity index is 1.90. The van der Waals surface area contributed by atoms with Crippen LogP contribution in [0.5, 0.6) is 5.75 Å². The van der Waals surface area contributed by atoms with Crippen molar-refractivity contribution in [1.29, 1.82) is 0 Å². The van der Waals surface area contributed by atoms with Gasteiger partial charge in [-0.15, -0.1) is 0 Å². The molecule has 2 heterocycles. The number of carbonyl (C=O) groups is 1. The number of amides is 1. The molecule has 1 amide bonds. The van der Waals surface area contributed by atoms with Crippen molar-refractivity contribution in [1.82, 2.24) is 5.32 Å². The Kier molecular flexibility index (Phi) is 3.80. The van der Waals surface area contributed by atoms with Gasteiger partial charge < -0.3 is 14.5 Å². The maximum absolute atomic E-state index is 13.2. The number of benzene rings is 2. The van der Waals surface area contributed by atoms with Crippen LogP contribution in [0.25, 0.3) is 11.0 Å². The molecular formula is C21H19NO4. The first-order valence-corrected chi connectivity index (χ1v) is 8.61. The molecule has 0 radical (unpaired) electrons. The van der Waals surface area contributed by atoms with E-state index in [1.807, 2.05) is 51.1 Å². The Morgan fingerprint density at radius 3 is 2.54 bits per heavy atom. The van der Waals surface area contributed by atoms with E-state index >= 15 is 0 Å². The Morgan fingerprint density at radius 1 is 1.12 bits per heavy atom. The maximum Gasteiger partial charge on any atom is 0.288 e. The van der Waals surface area contributed by atoms with Crippen LogP contribution < -0.4 is 15.5 Å². The molecule has 0 fully saturated rings. The molecule has 1 aliphatic rings. The molecule has 0 spiro atoms. The van der Waals surface area contributed by atoms with Crippen LogP contribution in [0.1, 0.15) is 45.8 Å². The molecule has 26 heavy (non-hydrogen) atoms. The van der Waals surface area contributed by atoms with Gasteiger partial charge >= 0.3 is 0 Å². The zero-order valence-corrected chi connectivity index (χ0v) is 14.9. The van der Waals surface area contributed by atoms with Gasteiger partial charge in [-0.2, -0.15) is 0 Å². The van der Waals surface area contributed by atoms with Crippen molar-refractivity contribution in [2.45, 2.75) is 26.8 Å². The van der Waals surface area contributed by atoms with Crippen LogP contribution in [-0.2, 0) is 0 Å². The summed E-state index contributed by atoms with van der Waals surface area (Å²) in [7, 11) is 0. The lowest BCUT2D eigenvalue weighted by atomic mass is 9.97. The second-order valence-corrected chi connectivity index (χ2v) is 6.54. The van der Waals surface area contributed by atoms with E-state index in [1.165, 1.54) is 0 Å². The van der Waals surface area contributed by atoms with Crippen molar-refractivity contribution < 1.29 is 13.9 Å². The molecule has 0 saturated carbocycles. The van der Waals surface area contributed by atoms with E-state index in [2.05, 4.69) is 5.32 Å². The highest BCUT2D eigenvalue weighted by atomic mass is 16.5. The van der Waals surface area contributed by atoms with E-state index in [-0.39, 0.29) is 17.1 Å². The Labute approximate surface area is 150 Å². The van der Waals surface area contributed by atoms with Gasteiger partial charge in [-0.25, -0.2) is 0 Å². The van der Waals surface area contributed by atoms with E-state index in [4.69, 9.17) is 9.15 Å². The minimum atomic E-state index is -0.519. The summed E-state index contributed by atoms with van der Waals surface area (Å²) in [5.74, 6) is 0.487. The van der Waals surface area contributed by atoms with Crippen LogP contribution in [0.15, 0.2) is 45.6 Å². The summed E-state index contributed by atoms with van der Waals surface area (Å²) < 4.78 is 11.3. The van der Waals surface area contributed by atoms with Crippen molar-refractivity contribution in [2.24, 2.45) is 0 Å². The quantitative estimate of drug-likeness (QED) is 0.784. The van der Waals surface area contributed by atoms with Gasteiger partial charge in [-0.05, 0) is 55.7 Å². The molecule has 1 aromatic heterocycles. The van der Waals surface area contributed by atoms with Crippen LogP contribution in [0, 0.1) is 13.8 Å². The topological polar surface area (TPSA) is 68.5 Å². The first-order valence-electron chi connectivity index (χ1n) is 8.61. The number of nitrogens with one attached hydrogen (secondary N) is 1. The normalized spacial score (nSPS) is 15.8. The molecule has 0 saturated heterocycles. The summed E-state index contributed by atoms with van der Waals surface area (Å²) in [5.41, 5.74) is 3.32. The van der Waals surface area contributed by atoms with Gasteiger partial charge in [0.1, 0.15) is 11.3 Å². The summed E-state index contributed by atoms with van der Waals surface area (Å²) in [6.07, 6.45) is 0. The molecule has 1 aliphatic heterocycles. The van der Waals surface area contributed by atoms with Crippen LogP contribution >= 0.6 is 0 Å². The fourth-order valence-electron chi connectivity index (χ4n) is 3.58. The van der Waals surface area contributed by atoms with E-state index in [0.717, 1.165) is 22.4 Å². The fourth-order valence-corrected chi connectivity index (χ4v) is 3.58. The fraction of sp³-hybridized carbons (Fsp3) is 0.238. The Hall–Kier alpha value is -3.08. The molecule has 3 aromatic rings. The first kappa shape index (κ1) is 16.4. The zero-order valence-electron chi connectivity index (χ0n) is 14.9. The van der Waals surface area contributed by atoms with Crippen LogP contribution in [0.4, 0.5) is 0 Å². The minimum absolute atomic E-state index is 0.103. The van der Waals surface area contributed by atoms with E-state index in [9.17, 15) is 9.59 Å². The van der Waals surface area contributed by atoms with Gasteiger partial charge in [0.15, 0.2) is 5.43 Å². The first-order chi connectivity index (χ1) is 12.5. The van der Waals surface area contributed by atoms with Crippen LogP contribution in [-0.4, -0.2) is 12.5 Å². The average Bonchev–Trinajstić information content (AvgIpc) is 2.92. The standard InChI is InChI=1S/C21H19NO4/c1-4-25-14-7-5-13(6-8-14)18-17-19(23)16-12(3)9-11(2)10-15(16)26-20(17)21(24)22-18/h5-10,18H,4H2,1-3H3,(H,22,24). The number of hydrogen-bond acceptors (Lipinski definition) is 4. The highest BCUT2D eigenvalue weighted by Gasteiger charge is 2.36. The predicted molar refractivity (Wildman–Crippen MR) is 98.9 cm³/mol. The molecule has 132 valence electrons. The molecular weight excluding hydrogens is 330 g/mol. The minimum Gasteiger partial charge on any atom is -0.494 e. The molecule has 4 rings (SSSR count). The van der Waals surface area contributed by atoms with Gasteiger partial charge in [0.2, 0.25) is 5.76 Å². The summed E-state index contributed by atoms with van der Waals surface area (Å²) in [5, 5.41) is 3.39. The molecule has 2 aromatic carbocycles. The summed E-state index contributed by atoms with van der Waals surface area (Å²) in [6.45, 7) is 6.32. The number of rotatable bonds is 3. The highest BCUT2D eigenvalue weighted by Crippen LogP contribution is 2.32. The third-order valence-electron chi connectivity index (χ3n) is 4.67. The lowest BCUT2D eigenvalue weighted by molar-refractivity contribution is 0.0938. The van der Waals surface area contributed by atoms with Gasteiger partial charge in [-0.1, -0.05) is 18.2 Å². The summed E-state index contributed by atoms with van der Waals surface area (Å²) >= 11 is 0. The molecule has 0 aliphatic carbocycles. The van der Waals surface area contributed by atoms with Gasteiger partial charge in [0.25, 0.3) is 5.91 Å². The second kappa shape index (κ2) is 6.02. The van der Waals surface area contributed by atoms with Gasteiger partial charge in [-0.3, -0.25) is 9.59 Å². The highest BCUT2D eigenvalue weighted by molar-refractivity contribution is 5.99. The largest absolute Gasteiger partial charge is 0.494 e. The molecule has 0 bridgehead atoms. The number of aryl methyl sites for hydroxylation is 2. The predicted octanol–water partition coefficient (Wildman–Crippen LogP) is 3.64. The maximum atomic E-state index is 13.2. The Morgan fingerprint density at radius 2 is 1.85 bits per heavy atom. The number of fused-ring (bicyclic) bond motifs is 2. The lowest BCUT2D eigenvalue weighted by Crippen LogP contribution is -2.22. The van der Waals surface area contributed by atoms with E-state index in [0.29, 0.717) is 23.1 Å².